The molecule has 1 atom stereocenters. The number of amides is 1. The zero-order valence-electron chi connectivity index (χ0n) is 17.8. The maximum absolute atomic E-state index is 13.5. The molecule has 166 valence electrons. The number of nitrogens with zero attached hydrogens (tertiary/aromatic N) is 3. The number of anilines is 2. The summed E-state index contributed by atoms with van der Waals surface area (Å²) in [5.41, 5.74) is 2.41. The van der Waals surface area contributed by atoms with Gasteiger partial charge in [-0.05, 0) is 31.5 Å². The fourth-order valence-corrected chi connectivity index (χ4v) is 3.99. The van der Waals surface area contributed by atoms with E-state index in [1.165, 1.54) is 0 Å². The number of allylic oxidation sites excluding steroid dienone is 1. The molecule has 32 heavy (non-hydrogen) atoms. The molecule has 0 bridgehead atoms. The molecule has 0 radical (unpaired) electrons. The van der Waals surface area contributed by atoms with Crippen LogP contribution in [0.3, 0.4) is 0 Å². The number of hydrogen-bond donors (Lipinski definition) is 3. The highest BCUT2D eigenvalue weighted by Gasteiger charge is 2.35. The number of methoxy groups -OCH3 is 1. The summed E-state index contributed by atoms with van der Waals surface area (Å²) in [5, 5.41) is 20.5. The number of halogens is 1. The Morgan fingerprint density at radius 2 is 2.00 bits per heavy atom. The van der Waals surface area contributed by atoms with Crippen molar-refractivity contribution in [3.63, 3.8) is 0 Å². The summed E-state index contributed by atoms with van der Waals surface area (Å²) in [6.07, 6.45) is 1.07. The molecule has 1 amide bonds. The number of hydrogen-bond acceptors (Lipinski definition) is 6. The van der Waals surface area contributed by atoms with Crippen LogP contribution in [0.4, 0.5) is 11.6 Å². The normalized spacial score (nSPS) is 15.2. The van der Waals surface area contributed by atoms with Crippen LogP contribution in [-0.2, 0) is 11.2 Å². The molecule has 2 heterocycles. The van der Waals surface area contributed by atoms with E-state index >= 15 is 0 Å². The van der Waals surface area contributed by atoms with Gasteiger partial charge in [-0.15, -0.1) is 0 Å². The van der Waals surface area contributed by atoms with Gasteiger partial charge in [-0.1, -0.05) is 41.9 Å². The molecule has 1 aliphatic heterocycles. The first-order valence-corrected chi connectivity index (χ1v) is 10.6. The monoisotopic (exact) mass is 453 g/mol. The van der Waals surface area contributed by atoms with Crippen molar-refractivity contribution in [2.24, 2.45) is 0 Å². The lowest BCUT2D eigenvalue weighted by Crippen LogP contribution is -2.31. The number of aryl methyl sites for hydroxylation is 1. The third-order valence-corrected chi connectivity index (χ3v) is 5.60. The second kappa shape index (κ2) is 9.42. The summed E-state index contributed by atoms with van der Waals surface area (Å²) in [5.74, 6) is 1.36. The number of rotatable bonds is 7. The van der Waals surface area contributed by atoms with Crippen molar-refractivity contribution in [3.05, 3.63) is 76.2 Å². The van der Waals surface area contributed by atoms with E-state index in [-0.39, 0.29) is 12.5 Å². The van der Waals surface area contributed by atoms with Gasteiger partial charge in [-0.2, -0.15) is 10.1 Å². The van der Waals surface area contributed by atoms with E-state index in [0.29, 0.717) is 52.3 Å². The molecule has 0 saturated carbocycles. The minimum absolute atomic E-state index is 0.0507. The van der Waals surface area contributed by atoms with Crippen LogP contribution < -0.4 is 15.4 Å². The smallest absolute Gasteiger partial charge is 0.255 e. The van der Waals surface area contributed by atoms with Crippen LogP contribution in [0.25, 0.3) is 0 Å². The summed E-state index contributed by atoms with van der Waals surface area (Å²) in [6, 6.07) is 14.0. The summed E-state index contributed by atoms with van der Waals surface area (Å²) >= 11 is 6.55. The Kier molecular flexibility index (Phi) is 6.43. The van der Waals surface area contributed by atoms with E-state index in [1.54, 1.807) is 30.0 Å². The predicted molar refractivity (Wildman–Crippen MR) is 123 cm³/mol. The van der Waals surface area contributed by atoms with Gasteiger partial charge >= 0.3 is 0 Å². The third-order valence-electron chi connectivity index (χ3n) is 5.25. The number of fused-ring (bicyclic) bond motifs is 1. The lowest BCUT2D eigenvalue weighted by Gasteiger charge is -2.29. The Morgan fingerprint density at radius 1 is 1.25 bits per heavy atom. The second-order valence-corrected chi connectivity index (χ2v) is 7.77. The average Bonchev–Trinajstić information content (AvgIpc) is 3.19. The van der Waals surface area contributed by atoms with Crippen LogP contribution >= 0.6 is 11.6 Å². The van der Waals surface area contributed by atoms with Gasteiger partial charge in [0.15, 0.2) is 5.82 Å². The number of aliphatic hydroxyl groups is 1. The molecule has 8 nitrogen and oxygen atoms in total. The van der Waals surface area contributed by atoms with E-state index in [9.17, 15) is 4.79 Å². The molecule has 2 aromatic carbocycles. The molecule has 9 heteroatoms. The number of aromatic nitrogens is 3. The maximum Gasteiger partial charge on any atom is 0.255 e. The predicted octanol–water partition coefficient (Wildman–Crippen LogP) is 3.79. The first kappa shape index (κ1) is 21.9. The number of carbonyl (C=O) groups excluding carboxylic acids is 1. The third kappa shape index (κ3) is 4.19. The number of carbonyl (C=O) groups is 1. The first-order valence-electron chi connectivity index (χ1n) is 10.3. The van der Waals surface area contributed by atoms with Gasteiger partial charge in [0.2, 0.25) is 5.95 Å². The summed E-state index contributed by atoms with van der Waals surface area (Å²) in [7, 11) is 1.56. The Bertz CT molecular complexity index is 1170. The summed E-state index contributed by atoms with van der Waals surface area (Å²) < 4.78 is 7.05. The van der Waals surface area contributed by atoms with Gasteiger partial charge in [-0.25, -0.2) is 4.68 Å². The Balaban J connectivity index is 1.78. The highest BCUT2D eigenvalue weighted by Crippen LogP contribution is 2.39. The van der Waals surface area contributed by atoms with Gasteiger partial charge in [0, 0.05) is 29.3 Å². The van der Waals surface area contributed by atoms with Crippen LogP contribution in [0.5, 0.6) is 5.75 Å². The van der Waals surface area contributed by atoms with Crippen molar-refractivity contribution in [1.82, 2.24) is 14.8 Å². The van der Waals surface area contributed by atoms with E-state index in [0.717, 1.165) is 5.56 Å². The highest BCUT2D eigenvalue weighted by atomic mass is 35.5. The van der Waals surface area contributed by atoms with Gasteiger partial charge in [0.1, 0.15) is 11.8 Å². The quantitative estimate of drug-likeness (QED) is 0.503. The van der Waals surface area contributed by atoms with Gasteiger partial charge in [0.05, 0.1) is 18.4 Å². The zero-order valence-corrected chi connectivity index (χ0v) is 18.6. The molecule has 0 fully saturated rings. The fourth-order valence-electron chi connectivity index (χ4n) is 3.75. The van der Waals surface area contributed by atoms with Crippen LogP contribution in [0.2, 0.25) is 5.02 Å². The highest BCUT2D eigenvalue weighted by molar-refractivity contribution is 6.31. The van der Waals surface area contributed by atoms with Crippen LogP contribution in [-0.4, -0.2) is 39.5 Å². The molecule has 3 N–H and O–H groups in total. The van der Waals surface area contributed by atoms with Crippen LogP contribution in [0.1, 0.15) is 30.8 Å². The van der Waals surface area contributed by atoms with Crippen LogP contribution in [0.15, 0.2) is 59.8 Å². The number of ether oxygens (including phenoxy) is 1. The van der Waals surface area contributed by atoms with Crippen molar-refractivity contribution >= 4 is 29.1 Å². The Hall–Kier alpha value is -3.36. The van der Waals surface area contributed by atoms with Gasteiger partial charge < -0.3 is 20.5 Å². The van der Waals surface area contributed by atoms with E-state index < -0.39 is 6.04 Å². The molecule has 4 rings (SSSR count). The second-order valence-electron chi connectivity index (χ2n) is 7.37. The van der Waals surface area contributed by atoms with E-state index in [4.69, 9.17) is 21.4 Å². The maximum atomic E-state index is 13.5. The average molecular weight is 454 g/mol. The van der Waals surface area contributed by atoms with Gasteiger partial charge in [-0.3, -0.25) is 4.79 Å². The van der Waals surface area contributed by atoms with Crippen LogP contribution in [0, 0.1) is 0 Å². The first-order chi connectivity index (χ1) is 15.5. The Morgan fingerprint density at radius 3 is 2.75 bits per heavy atom. The molecule has 1 aromatic heterocycles. The van der Waals surface area contributed by atoms with Crippen molar-refractivity contribution in [2.75, 3.05) is 24.4 Å². The Labute approximate surface area is 190 Å². The molecule has 3 aromatic rings. The van der Waals surface area contributed by atoms with Crippen molar-refractivity contribution < 1.29 is 14.6 Å². The zero-order chi connectivity index (χ0) is 22.7. The largest absolute Gasteiger partial charge is 0.495 e. The molecule has 0 aliphatic carbocycles. The van der Waals surface area contributed by atoms with Crippen molar-refractivity contribution in [2.45, 2.75) is 25.8 Å². The molecule has 1 aliphatic rings. The molecule has 0 spiro atoms. The fraction of sp³-hybridized carbons (Fsp3) is 0.261. The van der Waals surface area contributed by atoms with Gasteiger partial charge in [0.25, 0.3) is 5.91 Å². The standard InChI is InChI=1S/C23H24ClN5O3/c1-14-20(22(31)26-17-10-5-6-11-18(17)32-2)21(15-8-3-4-9-16(15)24)29-23(25-14)27-19(28-29)12-7-13-30/h3-6,8-11,21,30H,7,12-13H2,1-2H3,(H,26,31)(H,25,27,28)/t21-/m1/s1. The number of nitrogens with one attached hydrogen (secondary N) is 2. The minimum atomic E-state index is -0.579. The lowest BCUT2D eigenvalue weighted by atomic mass is 9.95. The van der Waals surface area contributed by atoms with E-state index in [1.807, 2.05) is 37.3 Å². The molecule has 0 saturated heterocycles. The summed E-state index contributed by atoms with van der Waals surface area (Å²) in [4.78, 5) is 18.1. The van der Waals surface area contributed by atoms with Crippen molar-refractivity contribution in [3.8, 4) is 5.75 Å². The molecular weight excluding hydrogens is 430 g/mol. The van der Waals surface area contributed by atoms with Crippen molar-refractivity contribution in [1.29, 1.82) is 0 Å². The summed E-state index contributed by atoms with van der Waals surface area (Å²) in [6.45, 7) is 1.88. The molecule has 0 unspecified atom stereocenters. The molecular formula is C23H24ClN5O3. The topological polar surface area (TPSA) is 101 Å². The number of para-hydroxylation sites is 2. The SMILES string of the molecule is COc1ccccc1NC(=O)C1=C(C)Nc2nc(CCCO)nn2[C@@H]1c1ccccc1Cl. The van der Waals surface area contributed by atoms with E-state index in [2.05, 4.69) is 20.7 Å². The number of benzene rings is 2. The lowest BCUT2D eigenvalue weighted by molar-refractivity contribution is -0.113. The minimum Gasteiger partial charge on any atom is -0.495 e. The number of aliphatic hydroxyl groups excluding tert-OH is 1.